The minimum Gasteiger partial charge on any atom is -0.428 e. The predicted octanol–water partition coefficient (Wildman–Crippen LogP) is 3.07. The van der Waals surface area contributed by atoms with Crippen molar-refractivity contribution in [3.63, 3.8) is 0 Å². The van der Waals surface area contributed by atoms with Crippen LogP contribution in [0, 0.1) is 0 Å². The van der Waals surface area contributed by atoms with Crippen LogP contribution in [0.15, 0.2) is 48.9 Å². The minimum absolute atomic E-state index is 0.258. The van der Waals surface area contributed by atoms with Crippen molar-refractivity contribution >= 4 is 11.9 Å². The molecule has 0 saturated carbocycles. The number of hydrogen-bond donors (Lipinski definition) is 0. The molecule has 4 heteroatoms. The van der Waals surface area contributed by atoms with E-state index in [0.29, 0.717) is 0 Å². The van der Waals surface area contributed by atoms with E-state index in [-0.39, 0.29) is 22.6 Å². The molecule has 94 valence electrons. The molecule has 0 aliphatic heterocycles. The fourth-order valence-electron chi connectivity index (χ4n) is 1.21. The first-order valence-corrected chi connectivity index (χ1v) is 5.25. The van der Waals surface area contributed by atoms with E-state index in [4.69, 9.17) is 9.47 Å². The summed E-state index contributed by atoms with van der Waals surface area (Å²) in [5.41, 5.74) is 0.517. The molecule has 0 bridgehead atoms. The Morgan fingerprint density at radius 1 is 0.944 bits per heavy atom. The summed E-state index contributed by atoms with van der Waals surface area (Å²) in [6.07, 6.45) is 0. The first-order chi connectivity index (χ1) is 8.40. The van der Waals surface area contributed by atoms with Gasteiger partial charge in [0.2, 0.25) is 0 Å². The summed E-state index contributed by atoms with van der Waals surface area (Å²) in [6.45, 7) is 10.1. The third-order valence-corrected chi connectivity index (χ3v) is 1.87. The molecule has 0 heterocycles. The second kappa shape index (κ2) is 5.82. The lowest BCUT2D eigenvalue weighted by atomic mass is 10.1. The lowest BCUT2D eigenvalue weighted by Gasteiger charge is -2.06. The Hall–Kier alpha value is -2.36. The molecule has 0 atom stereocenters. The summed E-state index contributed by atoms with van der Waals surface area (Å²) in [6, 6.07) is 6.06. The van der Waals surface area contributed by atoms with Crippen LogP contribution in [-0.2, 0) is 9.47 Å². The number of rotatable bonds is 4. The Kier molecular flexibility index (Phi) is 4.43. The SMILES string of the molecule is C=C(C)OC(=O)c1cccc(C(=O)OC(=C)C)c1. The van der Waals surface area contributed by atoms with Crippen molar-refractivity contribution in [3.8, 4) is 0 Å². The fraction of sp³-hybridized carbons (Fsp3) is 0.143. The normalized spacial score (nSPS) is 9.44. The Morgan fingerprint density at radius 2 is 1.33 bits per heavy atom. The number of carbonyl (C=O) groups is 2. The fourth-order valence-corrected chi connectivity index (χ4v) is 1.21. The second-order valence-electron chi connectivity index (χ2n) is 3.76. The van der Waals surface area contributed by atoms with Crippen LogP contribution in [0.4, 0.5) is 0 Å². The van der Waals surface area contributed by atoms with Crippen molar-refractivity contribution in [2.75, 3.05) is 0 Å². The number of ether oxygens (including phenoxy) is 2. The summed E-state index contributed by atoms with van der Waals surface area (Å²) in [7, 11) is 0. The molecule has 0 unspecified atom stereocenters. The van der Waals surface area contributed by atoms with E-state index in [1.165, 1.54) is 6.07 Å². The second-order valence-corrected chi connectivity index (χ2v) is 3.76. The maximum atomic E-state index is 11.6. The van der Waals surface area contributed by atoms with Gasteiger partial charge in [0.25, 0.3) is 0 Å². The summed E-state index contributed by atoms with van der Waals surface area (Å²) >= 11 is 0. The molecule has 0 aromatic heterocycles. The zero-order valence-electron chi connectivity index (χ0n) is 10.4. The third-order valence-electron chi connectivity index (χ3n) is 1.87. The summed E-state index contributed by atoms with van der Waals surface area (Å²) in [5.74, 6) is -0.551. The van der Waals surface area contributed by atoms with Crippen molar-refractivity contribution < 1.29 is 19.1 Å². The van der Waals surface area contributed by atoms with Gasteiger partial charge in [-0.1, -0.05) is 19.2 Å². The van der Waals surface area contributed by atoms with Crippen LogP contribution in [0.3, 0.4) is 0 Å². The summed E-state index contributed by atoms with van der Waals surface area (Å²) in [4.78, 5) is 23.2. The zero-order valence-corrected chi connectivity index (χ0v) is 10.4. The third kappa shape index (κ3) is 3.90. The van der Waals surface area contributed by atoms with Crippen LogP contribution in [0.1, 0.15) is 34.6 Å². The van der Waals surface area contributed by atoms with E-state index in [9.17, 15) is 9.59 Å². The Morgan fingerprint density at radius 3 is 1.67 bits per heavy atom. The summed E-state index contributed by atoms with van der Waals surface area (Å²) < 4.78 is 9.70. The predicted molar refractivity (Wildman–Crippen MR) is 66.9 cm³/mol. The number of benzene rings is 1. The van der Waals surface area contributed by atoms with Crippen molar-refractivity contribution in [2.24, 2.45) is 0 Å². The molecule has 1 aromatic carbocycles. The van der Waals surface area contributed by atoms with E-state index in [0.717, 1.165) is 0 Å². The van der Waals surface area contributed by atoms with Crippen molar-refractivity contribution in [3.05, 3.63) is 60.1 Å². The molecule has 0 saturated heterocycles. The van der Waals surface area contributed by atoms with Crippen molar-refractivity contribution in [1.82, 2.24) is 0 Å². The maximum absolute atomic E-state index is 11.6. The van der Waals surface area contributed by atoms with Gasteiger partial charge in [-0.05, 0) is 32.0 Å². The topological polar surface area (TPSA) is 52.6 Å². The molecule has 4 nitrogen and oxygen atoms in total. The molecule has 0 radical (unpaired) electrons. The Balaban J connectivity index is 2.92. The lowest BCUT2D eigenvalue weighted by Crippen LogP contribution is -2.07. The van der Waals surface area contributed by atoms with E-state index >= 15 is 0 Å². The number of hydrogen-bond acceptors (Lipinski definition) is 4. The molecule has 0 spiro atoms. The highest BCUT2D eigenvalue weighted by atomic mass is 16.5. The van der Waals surface area contributed by atoms with Crippen molar-refractivity contribution in [1.29, 1.82) is 0 Å². The van der Waals surface area contributed by atoms with Gasteiger partial charge >= 0.3 is 11.9 Å². The maximum Gasteiger partial charge on any atom is 0.343 e. The van der Waals surface area contributed by atoms with Crippen LogP contribution >= 0.6 is 0 Å². The molecule has 18 heavy (non-hydrogen) atoms. The van der Waals surface area contributed by atoms with E-state index in [2.05, 4.69) is 13.2 Å². The van der Waals surface area contributed by atoms with Crippen LogP contribution in [-0.4, -0.2) is 11.9 Å². The minimum atomic E-state index is -0.563. The average Bonchev–Trinajstić information content (AvgIpc) is 2.27. The van der Waals surface area contributed by atoms with E-state index < -0.39 is 11.9 Å². The molecule has 1 rings (SSSR count). The van der Waals surface area contributed by atoms with E-state index in [1.807, 2.05) is 0 Å². The van der Waals surface area contributed by atoms with Gasteiger partial charge in [0.1, 0.15) is 0 Å². The lowest BCUT2D eigenvalue weighted by molar-refractivity contribution is 0.0627. The van der Waals surface area contributed by atoms with Gasteiger partial charge in [0.05, 0.1) is 22.6 Å². The molecule has 0 aliphatic carbocycles. The standard InChI is InChI=1S/C14H14O4/c1-9(2)17-13(15)11-6-5-7-12(8-11)14(16)18-10(3)4/h5-8H,1,3H2,2,4H3. The van der Waals surface area contributed by atoms with E-state index in [1.54, 1.807) is 32.0 Å². The molecular weight excluding hydrogens is 232 g/mol. The van der Waals surface area contributed by atoms with Crippen LogP contribution in [0.5, 0.6) is 0 Å². The largest absolute Gasteiger partial charge is 0.428 e. The van der Waals surface area contributed by atoms with Crippen LogP contribution in [0.25, 0.3) is 0 Å². The van der Waals surface area contributed by atoms with Gasteiger partial charge in [-0.25, -0.2) is 9.59 Å². The van der Waals surface area contributed by atoms with Gasteiger partial charge in [-0.15, -0.1) is 0 Å². The molecule has 1 aromatic rings. The number of allylic oxidation sites excluding steroid dienone is 2. The van der Waals surface area contributed by atoms with Gasteiger partial charge in [0, 0.05) is 0 Å². The summed E-state index contributed by atoms with van der Waals surface area (Å²) in [5, 5.41) is 0. The Bertz CT molecular complexity index is 471. The highest BCUT2D eigenvalue weighted by molar-refractivity contribution is 5.95. The van der Waals surface area contributed by atoms with Crippen molar-refractivity contribution in [2.45, 2.75) is 13.8 Å². The molecule has 0 fully saturated rings. The average molecular weight is 246 g/mol. The molecule has 0 amide bonds. The Labute approximate surface area is 106 Å². The monoisotopic (exact) mass is 246 g/mol. The van der Waals surface area contributed by atoms with Gasteiger partial charge in [-0.2, -0.15) is 0 Å². The van der Waals surface area contributed by atoms with Gasteiger partial charge < -0.3 is 9.47 Å². The zero-order chi connectivity index (χ0) is 13.7. The molecular formula is C14H14O4. The quantitative estimate of drug-likeness (QED) is 0.605. The first-order valence-electron chi connectivity index (χ1n) is 5.25. The number of carbonyl (C=O) groups excluding carboxylic acids is 2. The molecule has 0 aliphatic rings. The van der Waals surface area contributed by atoms with Gasteiger partial charge in [-0.3, -0.25) is 0 Å². The highest BCUT2D eigenvalue weighted by Crippen LogP contribution is 2.11. The smallest absolute Gasteiger partial charge is 0.343 e. The highest BCUT2D eigenvalue weighted by Gasteiger charge is 2.12. The van der Waals surface area contributed by atoms with Crippen LogP contribution < -0.4 is 0 Å². The number of esters is 2. The van der Waals surface area contributed by atoms with Gasteiger partial charge in [0.15, 0.2) is 0 Å². The molecule has 0 N–H and O–H groups in total. The van der Waals surface area contributed by atoms with Crippen LogP contribution in [0.2, 0.25) is 0 Å². The first kappa shape index (κ1) is 13.7.